The van der Waals surface area contributed by atoms with Crippen molar-refractivity contribution >= 4 is 5.97 Å². The third kappa shape index (κ3) is 3.00. The van der Waals surface area contributed by atoms with Crippen LogP contribution in [0.4, 0.5) is 0 Å². The van der Waals surface area contributed by atoms with E-state index >= 15 is 0 Å². The van der Waals surface area contributed by atoms with Gasteiger partial charge in [-0.1, -0.05) is 49.6 Å². The molecule has 0 bridgehead atoms. The van der Waals surface area contributed by atoms with Gasteiger partial charge < -0.3 is 0 Å². The summed E-state index contributed by atoms with van der Waals surface area (Å²) in [5.41, 5.74) is -0.455. The average Bonchev–Trinajstić information content (AvgIpc) is 2.50. The Labute approximate surface area is 119 Å². The fourth-order valence-corrected chi connectivity index (χ4v) is 2.85. The number of carbonyl (C=O) groups excluding carboxylic acids is 1. The van der Waals surface area contributed by atoms with Gasteiger partial charge in [0.1, 0.15) is 6.07 Å². The van der Waals surface area contributed by atoms with Crippen molar-refractivity contribution in [3.05, 3.63) is 35.9 Å². The van der Waals surface area contributed by atoms with Crippen LogP contribution in [0.15, 0.2) is 30.3 Å². The Morgan fingerprint density at radius 3 is 2.45 bits per heavy atom. The molecule has 1 fully saturated rings. The van der Waals surface area contributed by atoms with Crippen molar-refractivity contribution in [3.63, 3.8) is 0 Å². The summed E-state index contributed by atoms with van der Waals surface area (Å²) in [6, 6.07) is 11.6. The normalized spacial score (nSPS) is 18.8. The molecule has 1 aromatic rings. The zero-order valence-electron chi connectivity index (χ0n) is 11.7. The first-order chi connectivity index (χ1) is 9.69. The van der Waals surface area contributed by atoms with Crippen molar-refractivity contribution in [2.24, 2.45) is 5.92 Å². The Balaban J connectivity index is 2.34. The van der Waals surface area contributed by atoms with Gasteiger partial charge in [-0.15, -0.1) is 0 Å². The molecule has 1 atom stereocenters. The molecule has 0 heterocycles. The van der Waals surface area contributed by atoms with Crippen molar-refractivity contribution in [1.82, 2.24) is 0 Å². The van der Waals surface area contributed by atoms with Crippen LogP contribution in [0.2, 0.25) is 0 Å². The third-order valence-electron chi connectivity index (χ3n) is 3.84. The lowest BCUT2D eigenvalue weighted by molar-refractivity contribution is -0.334. The number of benzene rings is 1. The topological polar surface area (TPSA) is 59.3 Å². The molecule has 2 rings (SSSR count). The molecule has 0 radical (unpaired) electrons. The van der Waals surface area contributed by atoms with E-state index in [0.29, 0.717) is 0 Å². The average molecular weight is 273 g/mol. The molecule has 1 saturated carbocycles. The molecule has 20 heavy (non-hydrogen) atoms. The maximum Gasteiger partial charge on any atom is 0.339 e. The van der Waals surface area contributed by atoms with E-state index in [0.717, 1.165) is 31.2 Å². The highest BCUT2D eigenvalue weighted by Crippen LogP contribution is 2.42. The van der Waals surface area contributed by atoms with Gasteiger partial charge in [0.05, 0.1) is 0 Å². The van der Waals surface area contributed by atoms with Crippen LogP contribution >= 0.6 is 0 Å². The molecular formula is C16H19NO3. The minimum Gasteiger partial charge on any atom is -0.297 e. The Hall–Kier alpha value is -1.86. The summed E-state index contributed by atoms with van der Waals surface area (Å²) in [7, 11) is 0. The summed E-state index contributed by atoms with van der Waals surface area (Å²) in [4.78, 5) is 21.2. The van der Waals surface area contributed by atoms with Crippen LogP contribution in [0, 0.1) is 17.2 Å². The molecule has 0 aliphatic heterocycles. The zero-order valence-corrected chi connectivity index (χ0v) is 11.7. The fourth-order valence-electron chi connectivity index (χ4n) is 2.85. The van der Waals surface area contributed by atoms with Crippen molar-refractivity contribution < 1.29 is 14.6 Å². The van der Waals surface area contributed by atoms with Crippen molar-refractivity contribution in [2.75, 3.05) is 0 Å². The molecule has 0 saturated heterocycles. The van der Waals surface area contributed by atoms with Crippen molar-refractivity contribution in [3.8, 4) is 6.07 Å². The number of hydrogen-bond acceptors (Lipinski definition) is 4. The molecule has 0 N–H and O–H groups in total. The number of carbonyl (C=O) groups is 1. The molecule has 1 aliphatic rings. The molecule has 4 heteroatoms. The third-order valence-corrected chi connectivity index (χ3v) is 3.84. The number of nitriles is 1. The second-order valence-corrected chi connectivity index (χ2v) is 5.21. The number of rotatable bonds is 4. The van der Waals surface area contributed by atoms with Crippen LogP contribution in [0.1, 0.15) is 44.6 Å². The van der Waals surface area contributed by atoms with Crippen molar-refractivity contribution in [2.45, 2.75) is 44.6 Å². The predicted molar refractivity (Wildman–Crippen MR) is 73.2 cm³/mol. The molecule has 4 nitrogen and oxygen atoms in total. The first-order valence-corrected chi connectivity index (χ1v) is 7.02. The summed E-state index contributed by atoms with van der Waals surface area (Å²) < 4.78 is 0. The SMILES string of the molecule is CC(=O)OOC(C#N)(c1ccccc1)C1CCCCC1. The fraction of sp³-hybridized carbons (Fsp3) is 0.500. The lowest BCUT2D eigenvalue weighted by Gasteiger charge is -2.35. The first-order valence-electron chi connectivity index (χ1n) is 7.02. The molecule has 0 aromatic heterocycles. The summed E-state index contributed by atoms with van der Waals surface area (Å²) in [6.45, 7) is 1.27. The summed E-state index contributed by atoms with van der Waals surface area (Å²) in [5.74, 6) is -0.501. The van der Waals surface area contributed by atoms with Crippen LogP contribution in [0.25, 0.3) is 0 Å². The van der Waals surface area contributed by atoms with Gasteiger partial charge >= 0.3 is 5.97 Å². The van der Waals surface area contributed by atoms with Gasteiger partial charge in [0.25, 0.3) is 0 Å². The largest absolute Gasteiger partial charge is 0.339 e. The van der Waals surface area contributed by atoms with E-state index in [1.807, 2.05) is 30.3 Å². The molecule has 1 unspecified atom stereocenters. The lowest BCUT2D eigenvalue weighted by atomic mass is 9.74. The molecule has 1 aromatic carbocycles. The number of hydrogen-bond donors (Lipinski definition) is 0. The van der Waals surface area contributed by atoms with Gasteiger partial charge in [-0.25, -0.2) is 4.79 Å². The Morgan fingerprint density at radius 1 is 1.25 bits per heavy atom. The molecular weight excluding hydrogens is 254 g/mol. The van der Waals surface area contributed by atoms with Gasteiger partial charge in [-0.2, -0.15) is 10.1 Å². The monoisotopic (exact) mass is 273 g/mol. The van der Waals surface area contributed by atoms with E-state index in [1.54, 1.807) is 0 Å². The van der Waals surface area contributed by atoms with Gasteiger partial charge in [0, 0.05) is 18.4 Å². The van der Waals surface area contributed by atoms with E-state index in [1.165, 1.54) is 13.3 Å². The van der Waals surface area contributed by atoms with E-state index < -0.39 is 11.6 Å². The van der Waals surface area contributed by atoms with E-state index in [9.17, 15) is 10.1 Å². The summed E-state index contributed by atoms with van der Waals surface area (Å²) >= 11 is 0. The summed E-state index contributed by atoms with van der Waals surface area (Å²) in [5, 5.41) is 9.73. The minimum atomic E-state index is -1.20. The Bertz CT molecular complexity index is 488. The standard InChI is InChI=1S/C16H19NO3/c1-13(18)19-20-16(12-17,14-8-4-2-5-9-14)15-10-6-3-7-11-15/h2,4-5,8-9,15H,3,6-7,10-11H2,1H3. The van der Waals surface area contributed by atoms with Gasteiger partial charge in [-0.05, 0) is 12.8 Å². The smallest absolute Gasteiger partial charge is 0.297 e. The molecule has 1 aliphatic carbocycles. The van der Waals surface area contributed by atoms with Gasteiger partial charge in [-0.3, -0.25) is 4.89 Å². The van der Waals surface area contributed by atoms with Crippen LogP contribution in [-0.2, 0) is 20.2 Å². The first kappa shape index (κ1) is 14.5. The Morgan fingerprint density at radius 2 is 1.90 bits per heavy atom. The van der Waals surface area contributed by atoms with Crippen LogP contribution in [0.5, 0.6) is 0 Å². The molecule has 0 spiro atoms. The van der Waals surface area contributed by atoms with Crippen LogP contribution in [-0.4, -0.2) is 5.97 Å². The quantitative estimate of drug-likeness (QED) is 0.622. The maximum absolute atomic E-state index is 11.1. The van der Waals surface area contributed by atoms with Crippen LogP contribution in [0.3, 0.4) is 0 Å². The summed E-state index contributed by atoms with van der Waals surface area (Å²) in [6.07, 6.45) is 5.14. The Kier molecular flexibility index (Phi) is 4.75. The van der Waals surface area contributed by atoms with E-state index in [4.69, 9.17) is 9.78 Å². The predicted octanol–water partition coefficient (Wildman–Crippen LogP) is 3.48. The second kappa shape index (κ2) is 6.53. The van der Waals surface area contributed by atoms with Crippen molar-refractivity contribution in [1.29, 1.82) is 5.26 Å². The highest BCUT2D eigenvalue weighted by Gasteiger charge is 2.45. The highest BCUT2D eigenvalue weighted by molar-refractivity contribution is 5.65. The second-order valence-electron chi connectivity index (χ2n) is 5.21. The van der Waals surface area contributed by atoms with E-state index in [-0.39, 0.29) is 5.92 Å². The van der Waals surface area contributed by atoms with Crippen LogP contribution < -0.4 is 0 Å². The minimum absolute atomic E-state index is 0.0444. The van der Waals surface area contributed by atoms with Gasteiger partial charge in [0.15, 0.2) is 0 Å². The van der Waals surface area contributed by atoms with Gasteiger partial charge in [0.2, 0.25) is 5.60 Å². The number of nitrogens with zero attached hydrogens (tertiary/aromatic N) is 1. The molecule has 0 amide bonds. The maximum atomic E-state index is 11.1. The highest BCUT2D eigenvalue weighted by atomic mass is 17.2. The molecule has 106 valence electrons. The van der Waals surface area contributed by atoms with E-state index in [2.05, 4.69) is 6.07 Å². The lowest BCUT2D eigenvalue weighted by Crippen LogP contribution is -2.38. The zero-order chi connectivity index (χ0) is 14.4.